The zero-order valence-electron chi connectivity index (χ0n) is 15.6. The molecule has 4 rings (SSSR count). The van der Waals surface area contributed by atoms with Crippen molar-refractivity contribution in [1.82, 2.24) is 25.7 Å². The number of carbonyl (C=O) groups is 2. The van der Waals surface area contributed by atoms with Gasteiger partial charge in [-0.25, -0.2) is 14.5 Å². The molecule has 2 bridgehead atoms. The van der Waals surface area contributed by atoms with Crippen LogP contribution >= 0.6 is 0 Å². The van der Waals surface area contributed by atoms with Crippen LogP contribution in [0.2, 0.25) is 0 Å². The molecule has 0 aliphatic carbocycles. The Morgan fingerprint density at radius 1 is 1.36 bits per heavy atom. The van der Waals surface area contributed by atoms with Crippen molar-refractivity contribution >= 4 is 23.3 Å². The van der Waals surface area contributed by atoms with Gasteiger partial charge in [-0.05, 0) is 51.2 Å². The van der Waals surface area contributed by atoms with Gasteiger partial charge in [0, 0.05) is 19.1 Å². The number of likely N-dealkylation sites (tertiary alicyclic amines) is 1. The van der Waals surface area contributed by atoms with E-state index in [1.807, 2.05) is 0 Å². The van der Waals surface area contributed by atoms with E-state index < -0.39 is 29.3 Å². The maximum atomic E-state index is 12.5. The monoisotopic (exact) mass is 416 g/mol. The summed E-state index contributed by atoms with van der Waals surface area (Å²) in [6, 6.07) is -1.46. The molecule has 0 aromatic rings. The number of hydroxylamine groups is 3. The first-order valence-corrected chi connectivity index (χ1v) is 10.8. The first-order chi connectivity index (χ1) is 13.5. The van der Waals surface area contributed by atoms with Crippen LogP contribution in [0.5, 0.6) is 0 Å². The summed E-state index contributed by atoms with van der Waals surface area (Å²) in [7, 11) is 0. The van der Waals surface area contributed by atoms with Gasteiger partial charge in [-0.2, -0.15) is 9.35 Å². The Bertz CT molecular complexity index is 635. The first-order valence-electron chi connectivity index (χ1n) is 9.76. The molecule has 0 aromatic heterocycles. The van der Waals surface area contributed by atoms with Crippen molar-refractivity contribution in [2.75, 3.05) is 39.3 Å². The van der Waals surface area contributed by atoms with E-state index in [4.69, 9.17) is 4.84 Å². The fourth-order valence-electron chi connectivity index (χ4n) is 4.45. The molecule has 3 amide bonds. The molecule has 3 unspecified atom stereocenters. The molecule has 4 fully saturated rings. The van der Waals surface area contributed by atoms with Crippen molar-refractivity contribution in [1.29, 1.82) is 0 Å². The van der Waals surface area contributed by atoms with E-state index in [1.54, 1.807) is 0 Å². The lowest BCUT2D eigenvalue weighted by Crippen LogP contribution is -2.50. The summed E-state index contributed by atoms with van der Waals surface area (Å²) < 4.78 is 26.0. The lowest BCUT2D eigenvalue weighted by molar-refractivity contribution is -0.139. The zero-order valence-corrected chi connectivity index (χ0v) is 16.4. The molecule has 28 heavy (non-hydrogen) atoms. The molecule has 158 valence electrons. The van der Waals surface area contributed by atoms with E-state index in [2.05, 4.69) is 20.0 Å². The number of rotatable bonds is 8. The van der Waals surface area contributed by atoms with Crippen molar-refractivity contribution in [3.63, 3.8) is 0 Å². The molecule has 4 aliphatic heterocycles. The number of hydrogen-bond acceptors (Lipinski definition) is 8. The van der Waals surface area contributed by atoms with Crippen molar-refractivity contribution < 1.29 is 27.5 Å². The van der Waals surface area contributed by atoms with Crippen molar-refractivity contribution in [3.8, 4) is 0 Å². The summed E-state index contributed by atoms with van der Waals surface area (Å²) in [5, 5.41) is 4.25. The standard InChI is InChI=1S/C16H27N5O6S/c22-15(14-3-2-13-9-20(14)16(23)21(13)27-28(24)25)18-26-10-12-6-11(7-17-12)8-19-4-1-5-19/h11-14,17H,1-10H2,(H,18,22)(H,24,25)/p-1/t11-,12+,13?,14?/m0/s1. The predicted molar refractivity (Wildman–Crippen MR) is 95.8 cm³/mol. The Morgan fingerprint density at radius 2 is 2.18 bits per heavy atom. The van der Waals surface area contributed by atoms with Gasteiger partial charge in [0.05, 0.1) is 12.6 Å². The second-order valence-corrected chi connectivity index (χ2v) is 8.48. The first kappa shape index (κ1) is 20.0. The van der Waals surface area contributed by atoms with Crippen molar-refractivity contribution in [2.45, 2.75) is 43.8 Å². The Hall–Kier alpha value is -1.31. The quantitative estimate of drug-likeness (QED) is 0.370. The van der Waals surface area contributed by atoms with Crippen LogP contribution in [0.15, 0.2) is 0 Å². The number of amides is 3. The Morgan fingerprint density at radius 3 is 2.89 bits per heavy atom. The summed E-state index contributed by atoms with van der Waals surface area (Å²) in [5.41, 5.74) is 2.45. The van der Waals surface area contributed by atoms with Gasteiger partial charge in [-0.3, -0.25) is 9.63 Å². The third-order valence-corrected chi connectivity index (χ3v) is 6.28. The lowest BCUT2D eigenvalue weighted by atomic mass is 10.0. The van der Waals surface area contributed by atoms with Gasteiger partial charge in [0.2, 0.25) is 0 Å². The van der Waals surface area contributed by atoms with Gasteiger partial charge in [0.1, 0.15) is 17.4 Å². The molecule has 4 aliphatic rings. The van der Waals surface area contributed by atoms with E-state index in [0.717, 1.165) is 24.6 Å². The number of fused-ring (bicyclic) bond motifs is 2. The third kappa shape index (κ3) is 4.31. The normalized spacial score (nSPS) is 33.8. The highest BCUT2D eigenvalue weighted by molar-refractivity contribution is 7.74. The van der Waals surface area contributed by atoms with E-state index in [1.165, 1.54) is 24.4 Å². The molecule has 4 heterocycles. The molecule has 2 N–H and O–H groups in total. The number of carbonyl (C=O) groups excluding carboxylic acids is 2. The molecular formula is C16H26N5O6S-. The molecule has 0 radical (unpaired) electrons. The number of urea groups is 1. The lowest BCUT2D eigenvalue weighted by Gasteiger charge is -2.32. The topological polar surface area (TPSA) is 127 Å². The maximum absolute atomic E-state index is 12.5. The number of nitrogens with zero attached hydrogens (tertiary/aromatic N) is 3. The molecule has 4 saturated heterocycles. The summed E-state index contributed by atoms with van der Waals surface area (Å²) in [4.78, 5) is 33.9. The molecule has 0 saturated carbocycles. The third-order valence-electron chi connectivity index (χ3n) is 6.00. The van der Waals surface area contributed by atoms with Crippen LogP contribution in [-0.4, -0.2) is 93.0 Å². The largest absolute Gasteiger partial charge is 0.748 e. The average molecular weight is 416 g/mol. The van der Waals surface area contributed by atoms with Gasteiger partial charge >= 0.3 is 6.03 Å². The second kappa shape index (κ2) is 8.59. The summed E-state index contributed by atoms with van der Waals surface area (Å²) in [6.07, 6.45) is 3.22. The van der Waals surface area contributed by atoms with Gasteiger partial charge in [-0.1, -0.05) is 0 Å². The minimum Gasteiger partial charge on any atom is -0.748 e. The highest BCUT2D eigenvalue weighted by atomic mass is 32.2. The van der Waals surface area contributed by atoms with Crippen LogP contribution in [0.25, 0.3) is 0 Å². The smallest absolute Gasteiger partial charge is 0.346 e. The summed E-state index contributed by atoms with van der Waals surface area (Å²) in [6.45, 7) is 5.09. The second-order valence-electron chi connectivity index (χ2n) is 7.92. The molecule has 5 atom stereocenters. The van der Waals surface area contributed by atoms with E-state index in [9.17, 15) is 18.4 Å². The Balaban J connectivity index is 1.19. The number of piperidine rings is 1. The SMILES string of the molecule is O=C(NOC[C@H]1C[C@H](CN2CCC2)CN1)C1CCC2CN1C(=O)N2OS(=O)[O-]. The minimum atomic E-state index is -2.82. The van der Waals surface area contributed by atoms with Crippen molar-refractivity contribution in [3.05, 3.63) is 0 Å². The van der Waals surface area contributed by atoms with Gasteiger partial charge in [0.15, 0.2) is 0 Å². The van der Waals surface area contributed by atoms with Crippen LogP contribution in [0.3, 0.4) is 0 Å². The zero-order chi connectivity index (χ0) is 19.7. The maximum Gasteiger partial charge on any atom is 0.346 e. The van der Waals surface area contributed by atoms with Gasteiger partial charge < -0.3 is 19.7 Å². The van der Waals surface area contributed by atoms with Crippen LogP contribution in [0.1, 0.15) is 25.7 Å². The molecule has 11 nitrogen and oxygen atoms in total. The molecule has 0 spiro atoms. The van der Waals surface area contributed by atoms with Crippen molar-refractivity contribution in [2.24, 2.45) is 5.92 Å². The van der Waals surface area contributed by atoms with Crippen LogP contribution in [0, 0.1) is 5.92 Å². The van der Waals surface area contributed by atoms with Crippen LogP contribution in [-0.2, 0) is 25.3 Å². The Kier molecular flexibility index (Phi) is 6.13. The minimum absolute atomic E-state index is 0.201. The van der Waals surface area contributed by atoms with Gasteiger partial charge in [-0.15, -0.1) is 0 Å². The van der Waals surface area contributed by atoms with Crippen LogP contribution < -0.4 is 10.8 Å². The fourth-order valence-corrected chi connectivity index (χ4v) is 4.76. The van der Waals surface area contributed by atoms with Crippen LogP contribution in [0.4, 0.5) is 4.79 Å². The predicted octanol–water partition coefficient (Wildman–Crippen LogP) is -1.29. The van der Waals surface area contributed by atoms with E-state index in [-0.39, 0.29) is 18.6 Å². The highest BCUT2D eigenvalue weighted by Gasteiger charge is 2.48. The average Bonchev–Trinajstić information content (AvgIpc) is 3.17. The number of nitrogens with one attached hydrogen (secondary N) is 2. The summed E-state index contributed by atoms with van der Waals surface area (Å²) >= 11 is -2.82. The molecule has 0 aromatic carbocycles. The Labute approximate surface area is 166 Å². The summed E-state index contributed by atoms with van der Waals surface area (Å²) in [5.74, 6) is 0.215. The van der Waals surface area contributed by atoms with Gasteiger partial charge in [0.25, 0.3) is 5.91 Å². The van der Waals surface area contributed by atoms with E-state index >= 15 is 0 Å². The van der Waals surface area contributed by atoms with E-state index in [0.29, 0.717) is 25.4 Å². The fraction of sp³-hybridized carbons (Fsp3) is 0.875. The number of hydrogen-bond donors (Lipinski definition) is 2. The highest BCUT2D eigenvalue weighted by Crippen LogP contribution is 2.30. The molecular weight excluding hydrogens is 390 g/mol. The molecule has 12 heteroatoms.